The highest BCUT2D eigenvalue weighted by Crippen LogP contribution is 2.39. The lowest BCUT2D eigenvalue weighted by Gasteiger charge is -2.35. The van der Waals surface area contributed by atoms with Gasteiger partial charge in [0.2, 0.25) is 17.6 Å². The molecule has 1 aromatic rings. The number of hydroxylamine groups is 1. The largest absolute Gasteiger partial charge is 0.347 e. The number of rotatable bonds is 12. The van der Waals surface area contributed by atoms with Gasteiger partial charge in [0.15, 0.2) is 0 Å². The molecule has 5 rings (SSSR count). The summed E-state index contributed by atoms with van der Waals surface area (Å²) in [6, 6.07) is 3.89. The molecule has 2 aliphatic carbocycles. The summed E-state index contributed by atoms with van der Waals surface area (Å²) >= 11 is 6.23. The highest BCUT2D eigenvalue weighted by molar-refractivity contribution is 6.38. The molecule has 13 heteroatoms. The van der Waals surface area contributed by atoms with Crippen molar-refractivity contribution in [1.29, 1.82) is 0 Å². The number of ketones is 1. The first-order valence-corrected chi connectivity index (χ1v) is 16.9. The van der Waals surface area contributed by atoms with Gasteiger partial charge >= 0.3 is 6.03 Å². The van der Waals surface area contributed by atoms with Crippen molar-refractivity contribution in [3.63, 3.8) is 0 Å². The normalized spacial score (nSPS) is 24.0. The molecule has 0 unspecified atom stereocenters. The van der Waals surface area contributed by atoms with Crippen molar-refractivity contribution in [2.24, 2.45) is 5.92 Å². The van der Waals surface area contributed by atoms with E-state index in [-0.39, 0.29) is 37.3 Å². The van der Waals surface area contributed by atoms with E-state index in [4.69, 9.17) is 16.4 Å². The van der Waals surface area contributed by atoms with Gasteiger partial charge in [-0.1, -0.05) is 56.3 Å². The molecule has 5 amide bonds. The predicted octanol–water partition coefficient (Wildman–Crippen LogP) is 2.96. The summed E-state index contributed by atoms with van der Waals surface area (Å²) in [4.78, 5) is 74.6. The third-order valence-electron chi connectivity index (χ3n) is 9.20. The molecular formula is C33H45ClN6O6. The number of likely N-dealkylation sites (tertiary alicyclic amines) is 1. The number of Topliss-reactive ketones (excluding diaryl/α,β-unsaturated/α-hetero) is 1. The third-order valence-corrected chi connectivity index (χ3v) is 9.44. The van der Waals surface area contributed by atoms with Gasteiger partial charge in [-0.05, 0) is 63.2 Å². The molecule has 1 saturated heterocycles. The van der Waals surface area contributed by atoms with Gasteiger partial charge in [0.1, 0.15) is 17.7 Å². The first-order valence-electron chi connectivity index (χ1n) is 16.6. The Balaban J connectivity index is 1.43. The van der Waals surface area contributed by atoms with Crippen molar-refractivity contribution < 1.29 is 28.8 Å². The Bertz CT molecular complexity index is 1360. The fraction of sp³-hybridized carbons (Fsp3) is 0.606. The second kappa shape index (κ2) is 14.8. The van der Waals surface area contributed by atoms with E-state index in [9.17, 15) is 24.0 Å². The Morgan fingerprint density at radius 1 is 1.07 bits per heavy atom. The number of hydrogen-bond acceptors (Lipinski definition) is 7. The first-order chi connectivity index (χ1) is 22.1. The maximum absolute atomic E-state index is 14.5. The molecule has 4 aliphatic rings. The smallest absolute Gasteiger partial charge is 0.315 e. The minimum Gasteiger partial charge on any atom is -0.347 e. The lowest BCUT2D eigenvalue weighted by atomic mass is 9.83. The number of urea groups is 1. The Kier molecular flexibility index (Phi) is 10.9. The molecular weight excluding hydrogens is 612 g/mol. The van der Waals surface area contributed by atoms with Crippen LogP contribution >= 0.6 is 11.6 Å². The molecule has 3 fully saturated rings. The Morgan fingerprint density at radius 2 is 1.83 bits per heavy atom. The Hall–Kier alpha value is -3.64. The molecule has 2 heterocycles. The molecule has 0 aromatic heterocycles. The molecule has 2 saturated carbocycles. The Labute approximate surface area is 274 Å². The van der Waals surface area contributed by atoms with Crippen LogP contribution in [-0.4, -0.2) is 77.3 Å². The molecule has 250 valence electrons. The SMILES string of the molecule is CCC[C@H](NC(=O)[C@@H]1C[C@]2(C=C(c3cccc(Cl)c3)NO2)CN1C(=O)[C@@H](NC(=O)NCC)C1CCCCC1)C(=O)C(=O)NC1CC1. The number of amides is 5. The van der Waals surface area contributed by atoms with Gasteiger partial charge in [0, 0.05) is 29.6 Å². The maximum atomic E-state index is 14.5. The van der Waals surface area contributed by atoms with E-state index in [2.05, 4.69) is 26.7 Å². The second-order valence-corrected chi connectivity index (χ2v) is 13.3. The van der Waals surface area contributed by atoms with Gasteiger partial charge in [-0.25, -0.2) is 4.79 Å². The summed E-state index contributed by atoms with van der Waals surface area (Å²) < 4.78 is 0. The number of carbonyl (C=O) groups is 5. The van der Waals surface area contributed by atoms with E-state index in [1.165, 1.54) is 4.90 Å². The van der Waals surface area contributed by atoms with E-state index in [1.54, 1.807) is 19.1 Å². The molecule has 5 N–H and O–H groups in total. The van der Waals surface area contributed by atoms with Crippen LogP contribution in [0.1, 0.15) is 83.6 Å². The second-order valence-electron chi connectivity index (χ2n) is 12.9. The highest BCUT2D eigenvalue weighted by atomic mass is 35.5. The standard InChI is InChI=1S/C33H45ClN6O6/c1-3-9-24(28(41)30(43)36-23-14-15-23)37-29(42)26-18-33(17-25(39-46-33)21-12-8-13-22(34)16-21)19-40(26)31(44)27(38-32(45)35-4-2)20-10-6-5-7-11-20/h8,12-13,16-17,20,23-24,26-27,39H,3-7,9-11,14-15,18-19H2,1-2H3,(H,36,43)(H,37,42)(H2,35,38,45)/t24-,26-,27-,33+/m0/s1. The minimum absolute atomic E-state index is 0.00106. The summed E-state index contributed by atoms with van der Waals surface area (Å²) in [5, 5.41) is 11.7. The van der Waals surface area contributed by atoms with Crippen LogP contribution in [0.5, 0.6) is 0 Å². The number of nitrogens with one attached hydrogen (secondary N) is 5. The third kappa shape index (κ3) is 8.01. The van der Waals surface area contributed by atoms with Crippen molar-refractivity contribution in [2.75, 3.05) is 13.1 Å². The van der Waals surface area contributed by atoms with Crippen molar-refractivity contribution in [1.82, 2.24) is 31.6 Å². The number of hydrogen-bond donors (Lipinski definition) is 5. The van der Waals surface area contributed by atoms with Crippen LogP contribution < -0.4 is 26.7 Å². The van der Waals surface area contributed by atoms with Gasteiger partial charge in [0.05, 0.1) is 18.3 Å². The predicted molar refractivity (Wildman–Crippen MR) is 172 cm³/mol. The van der Waals surface area contributed by atoms with Gasteiger partial charge < -0.3 is 26.2 Å². The van der Waals surface area contributed by atoms with Crippen LogP contribution in [0.4, 0.5) is 4.79 Å². The molecule has 1 aromatic carbocycles. The van der Waals surface area contributed by atoms with E-state index in [1.807, 2.05) is 25.1 Å². The zero-order valence-corrected chi connectivity index (χ0v) is 27.3. The number of halogens is 1. The van der Waals surface area contributed by atoms with Crippen LogP contribution in [0.25, 0.3) is 5.70 Å². The van der Waals surface area contributed by atoms with Crippen molar-refractivity contribution in [2.45, 2.75) is 108 Å². The number of nitrogens with zero attached hydrogens (tertiary/aromatic N) is 1. The zero-order valence-electron chi connectivity index (χ0n) is 26.5. The Morgan fingerprint density at radius 3 is 2.50 bits per heavy atom. The highest BCUT2D eigenvalue weighted by Gasteiger charge is 2.53. The monoisotopic (exact) mass is 656 g/mol. The molecule has 0 radical (unpaired) electrons. The van der Waals surface area contributed by atoms with Crippen molar-refractivity contribution in [3.05, 3.63) is 40.9 Å². The lowest BCUT2D eigenvalue weighted by molar-refractivity contribution is -0.143. The fourth-order valence-electron chi connectivity index (χ4n) is 6.67. The number of benzene rings is 1. The first kappa shape index (κ1) is 33.7. The summed E-state index contributed by atoms with van der Waals surface area (Å²) in [5.74, 6) is -2.44. The van der Waals surface area contributed by atoms with Gasteiger partial charge in [-0.3, -0.25) is 29.5 Å². The van der Waals surface area contributed by atoms with Crippen molar-refractivity contribution >= 4 is 46.8 Å². The average Bonchev–Trinajstić information content (AvgIpc) is 3.64. The van der Waals surface area contributed by atoms with E-state index in [0.29, 0.717) is 23.7 Å². The molecule has 2 aliphatic heterocycles. The molecule has 4 atom stereocenters. The van der Waals surface area contributed by atoms with Crippen LogP contribution in [0.2, 0.25) is 5.02 Å². The van der Waals surface area contributed by atoms with E-state index >= 15 is 0 Å². The minimum atomic E-state index is -1.06. The van der Waals surface area contributed by atoms with Crippen LogP contribution in [0.15, 0.2) is 30.3 Å². The molecule has 12 nitrogen and oxygen atoms in total. The van der Waals surface area contributed by atoms with Gasteiger partial charge in [0.25, 0.3) is 5.91 Å². The summed E-state index contributed by atoms with van der Waals surface area (Å²) in [6.45, 7) is 4.10. The van der Waals surface area contributed by atoms with Gasteiger partial charge in [-0.2, -0.15) is 0 Å². The van der Waals surface area contributed by atoms with Gasteiger partial charge in [-0.15, -0.1) is 0 Å². The summed E-state index contributed by atoms with van der Waals surface area (Å²) in [6.07, 6.45) is 8.96. The molecule has 1 spiro atoms. The van der Waals surface area contributed by atoms with Crippen LogP contribution in [0, 0.1) is 5.92 Å². The zero-order chi connectivity index (χ0) is 32.8. The molecule has 0 bridgehead atoms. The lowest BCUT2D eigenvalue weighted by Crippen LogP contribution is -2.59. The van der Waals surface area contributed by atoms with Crippen LogP contribution in [0.3, 0.4) is 0 Å². The summed E-state index contributed by atoms with van der Waals surface area (Å²) in [5.41, 5.74) is 3.32. The quantitative estimate of drug-likeness (QED) is 0.217. The summed E-state index contributed by atoms with van der Waals surface area (Å²) in [7, 11) is 0. The molecule has 46 heavy (non-hydrogen) atoms. The van der Waals surface area contributed by atoms with Crippen molar-refractivity contribution in [3.8, 4) is 0 Å². The topological polar surface area (TPSA) is 158 Å². The maximum Gasteiger partial charge on any atom is 0.315 e. The van der Waals surface area contributed by atoms with E-state index in [0.717, 1.165) is 50.5 Å². The van der Waals surface area contributed by atoms with E-state index < -0.39 is 47.4 Å². The average molecular weight is 657 g/mol. The van der Waals surface area contributed by atoms with Crippen LogP contribution in [-0.2, 0) is 24.0 Å². The fourth-order valence-corrected chi connectivity index (χ4v) is 6.86. The number of carbonyl (C=O) groups excluding carboxylic acids is 5.